The standard InChI is InChI=1S/C11H18BrN3O/c1-7(2)10(5-12)13-11(16)9-6-15(4)14-8(9)3/h6-7,10H,5H2,1-4H3,(H,13,16). The second-order valence-corrected chi connectivity index (χ2v) is 4.93. The second-order valence-electron chi connectivity index (χ2n) is 4.28. The van der Waals surface area contributed by atoms with Crippen LogP contribution >= 0.6 is 15.9 Å². The van der Waals surface area contributed by atoms with Crippen LogP contribution in [0.3, 0.4) is 0 Å². The molecule has 0 aliphatic carbocycles. The first kappa shape index (κ1) is 13.2. The number of amides is 1. The molecule has 5 heteroatoms. The van der Waals surface area contributed by atoms with E-state index in [0.717, 1.165) is 11.0 Å². The normalized spacial score (nSPS) is 12.9. The zero-order chi connectivity index (χ0) is 12.3. The van der Waals surface area contributed by atoms with Crippen molar-refractivity contribution in [3.8, 4) is 0 Å². The van der Waals surface area contributed by atoms with Gasteiger partial charge in [0, 0.05) is 24.6 Å². The van der Waals surface area contributed by atoms with Crippen LogP contribution in [0.4, 0.5) is 0 Å². The number of hydrogen-bond donors (Lipinski definition) is 1. The molecule has 0 aliphatic heterocycles. The fourth-order valence-electron chi connectivity index (χ4n) is 1.45. The average Bonchev–Trinajstić information content (AvgIpc) is 2.53. The molecule has 1 N–H and O–H groups in total. The maximum Gasteiger partial charge on any atom is 0.254 e. The third kappa shape index (κ3) is 3.07. The van der Waals surface area contributed by atoms with Gasteiger partial charge in [-0.3, -0.25) is 9.48 Å². The number of aromatic nitrogens is 2. The molecule has 0 aromatic carbocycles. The molecule has 1 atom stereocenters. The highest BCUT2D eigenvalue weighted by Crippen LogP contribution is 2.09. The maximum atomic E-state index is 12.0. The van der Waals surface area contributed by atoms with Crippen molar-refractivity contribution in [2.24, 2.45) is 13.0 Å². The summed E-state index contributed by atoms with van der Waals surface area (Å²) in [5.41, 5.74) is 1.41. The first-order chi connectivity index (χ1) is 7.45. The number of rotatable bonds is 4. The lowest BCUT2D eigenvalue weighted by atomic mass is 10.1. The molecule has 90 valence electrons. The number of aryl methyl sites for hydroxylation is 2. The van der Waals surface area contributed by atoms with Crippen molar-refractivity contribution in [1.82, 2.24) is 15.1 Å². The van der Waals surface area contributed by atoms with E-state index in [1.807, 2.05) is 14.0 Å². The Morgan fingerprint density at radius 3 is 2.62 bits per heavy atom. The van der Waals surface area contributed by atoms with Gasteiger partial charge < -0.3 is 5.32 Å². The molecule has 1 aromatic heterocycles. The highest BCUT2D eigenvalue weighted by molar-refractivity contribution is 9.09. The van der Waals surface area contributed by atoms with Crippen LogP contribution < -0.4 is 5.32 Å². The Labute approximate surface area is 105 Å². The predicted molar refractivity (Wildman–Crippen MR) is 67.8 cm³/mol. The summed E-state index contributed by atoms with van der Waals surface area (Å²) in [5.74, 6) is 0.351. The second kappa shape index (κ2) is 5.48. The number of nitrogens with zero attached hydrogens (tertiary/aromatic N) is 2. The largest absolute Gasteiger partial charge is 0.348 e. The molecule has 1 unspecified atom stereocenters. The van der Waals surface area contributed by atoms with Gasteiger partial charge in [0.15, 0.2) is 0 Å². The maximum absolute atomic E-state index is 12.0. The highest BCUT2D eigenvalue weighted by Gasteiger charge is 2.18. The quantitative estimate of drug-likeness (QED) is 0.860. The van der Waals surface area contributed by atoms with Crippen molar-refractivity contribution in [2.75, 3.05) is 5.33 Å². The van der Waals surface area contributed by atoms with Crippen LogP contribution in [0.25, 0.3) is 0 Å². The lowest BCUT2D eigenvalue weighted by Gasteiger charge is -2.19. The van der Waals surface area contributed by atoms with E-state index in [2.05, 4.69) is 40.2 Å². The molecule has 0 bridgehead atoms. The Morgan fingerprint density at radius 1 is 1.62 bits per heavy atom. The third-order valence-electron chi connectivity index (χ3n) is 2.55. The van der Waals surface area contributed by atoms with Gasteiger partial charge in [-0.05, 0) is 12.8 Å². The van der Waals surface area contributed by atoms with Crippen LogP contribution in [0.5, 0.6) is 0 Å². The SMILES string of the molecule is Cc1nn(C)cc1C(=O)NC(CBr)C(C)C. The van der Waals surface area contributed by atoms with Crippen molar-refractivity contribution in [1.29, 1.82) is 0 Å². The van der Waals surface area contributed by atoms with Crippen molar-refractivity contribution < 1.29 is 4.79 Å². The minimum Gasteiger partial charge on any atom is -0.348 e. The summed E-state index contributed by atoms with van der Waals surface area (Å²) in [7, 11) is 1.81. The van der Waals surface area contributed by atoms with Crippen molar-refractivity contribution in [2.45, 2.75) is 26.8 Å². The molecule has 1 rings (SSSR count). The molecule has 0 spiro atoms. The van der Waals surface area contributed by atoms with E-state index in [1.165, 1.54) is 0 Å². The van der Waals surface area contributed by atoms with Gasteiger partial charge in [0.1, 0.15) is 0 Å². The zero-order valence-electron chi connectivity index (χ0n) is 10.1. The van der Waals surface area contributed by atoms with Crippen LogP contribution in [-0.2, 0) is 7.05 Å². The minimum atomic E-state index is -0.0521. The molecule has 16 heavy (non-hydrogen) atoms. The topological polar surface area (TPSA) is 46.9 Å². The fourth-order valence-corrected chi connectivity index (χ4v) is 2.36. The molecule has 1 aromatic rings. The summed E-state index contributed by atoms with van der Waals surface area (Å²) >= 11 is 3.41. The average molecular weight is 288 g/mol. The van der Waals surface area contributed by atoms with Gasteiger partial charge in [-0.1, -0.05) is 29.8 Å². The van der Waals surface area contributed by atoms with Crippen LogP contribution in [0.15, 0.2) is 6.20 Å². The van der Waals surface area contributed by atoms with Crippen LogP contribution in [0.2, 0.25) is 0 Å². The molecular formula is C11H18BrN3O. The Kier molecular flexibility index (Phi) is 4.53. The third-order valence-corrected chi connectivity index (χ3v) is 3.24. The number of hydrogen-bond acceptors (Lipinski definition) is 2. The summed E-state index contributed by atoms with van der Waals surface area (Å²) in [5, 5.41) is 7.91. The predicted octanol–water partition coefficient (Wildman–Crippen LogP) is 1.88. The Bertz CT molecular complexity index is 373. The molecule has 0 saturated heterocycles. The van der Waals surface area contributed by atoms with E-state index in [-0.39, 0.29) is 11.9 Å². The number of alkyl halides is 1. The number of carbonyl (C=O) groups excluding carboxylic acids is 1. The van der Waals surface area contributed by atoms with Gasteiger partial charge in [-0.15, -0.1) is 0 Å². The smallest absolute Gasteiger partial charge is 0.254 e. The van der Waals surface area contributed by atoms with Crippen molar-refractivity contribution in [3.63, 3.8) is 0 Å². The van der Waals surface area contributed by atoms with Crippen LogP contribution in [0.1, 0.15) is 29.9 Å². The van der Waals surface area contributed by atoms with Gasteiger partial charge in [0.05, 0.1) is 11.3 Å². The van der Waals surface area contributed by atoms with E-state index in [9.17, 15) is 4.79 Å². The molecule has 0 radical (unpaired) electrons. The lowest BCUT2D eigenvalue weighted by Crippen LogP contribution is -2.39. The van der Waals surface area contributed by atoms with E-state index in [4.69, 9.17) is 0 Å². The molecule has 1 amide bonds. The zero-order valence-corrected chi connectivity index (χ0v) is 11.7. The summed E-state index contributed by atoms with van der Waals surface area (Å²) in [6.45, 7) is 6.01. The molecular weight excluding hydrogens is 270 g/mol. The Balaban J connectivity index is 2.75. The lowest BCUT2D eigenvalue weighted by molar-refractivity contribution is 0.0931. The number of halogens is 1. The first-order valence-corrected chi connectivity index (χ1v) is 6.45. The molecule has 0 aliphatic rings. The van der Waals surface area contributed by atoms with Gasteiger partial charge in [-0.25, -0.2) is 0 Å². The van der Waals surface area contributed by atoms with E-state index in [1.54, 1.807) is 10.9 Å². The number of nitrogens with one attached hydrogen (secondary N) is 1. The van der Waals surface area contributed by atoms with Gasteiger partial charge >= 0.3 is 0 Å². The number of carbonyl (C=O) groups is 1. The minimum absolute atomic E-state index is 0.0521. The van der Waals surface area contributed by atoms with E-state index in [0.29, 0.717) is 11.5 Å². The fraction of sp³-hybridized carbons (Fsp3) is 0.636. The Morgan fingerprint density at radius 2 is 2.25 bits per heavy atom. The summed E-state index contributed by atoms with van der Waals surface area (Å²) in [4.78, 5) is 12.0. The van der Waals surface area contributed by atoms with Crippen LogP contribution in [-0.4, -0.2) is 27.1 Å². The van der Waals surface area contributed by atoms with Crippen LogP contribution in [0, 0.1) is 12.8 Å². The van der Waals surface area contributed by atoms with Crippen molar-refractivity contribution >= 4 is 21.8 Å². The summed E-state index contributed by atoms with van der Waals surface area (Å²) < 4.78 is 1.66. The van der Waals surface area contributed by atoms with E-state index < -0.39 is 0 Å². The van der Waals surface area contributed by atoms with Gasteiger partial charge in [-0.2, -0.15) is 5.10 Å². The summed E-state index contributed by atoms with van der Waals surface area (Å²) in [6.07, 6.45) is 1.75. The molecule has 1 heterocycles. The molecule has 0 saturated carbocycles. The van der Waals surface area contributed by atoms with Gasteiger partial charge in [0.25, 0.3) is 5.91 Å². The van der Waals surface area contributed by atoms with Crippen molar-refractivity contribution in [3.05, 3.63) is 17.5 Å². The Hall–Kier alpha value is -0.840. The molecule has 4 nitrogen and oxygen atoms in total. The highest BCUT2D eigenvalue weighted by atomic mass is 79.9. The monoisotopic (exact) mass is 287 g/mol. The molecule has 0 fully saturated rings. The summed E-state index contributed by atoms with van der Waals surface area (Å²) in [6, 6.07) is 0.145. The van der Waals surface area contributed by atoms with Gasteiger partial charge in [0.2, 0.25) is 0 Å². The van der Waals surface area contributed by atoms with E-state index >= 15 is 0 Å². The first-order valence-electron chi connectivity index (χ1n) is 5.32.